The van der Waals surface area contributed by atoms with E-state index >= 15 is 0 Å². The van der Waals surface area contributed by atoms with Gasteiger partial charge in [-0.15, -0.1) is 5.73 Å². The van der Waals surface area contributed by atoms with Crippen LogP contribution in [-0.4, -0.2) is 48.3 Å². The van der Waals surface area contributed by atoms with Gasteiger partial charge in [0.15, 0.2) is 5.60 Å². The van der Waals surface area contributed by atoms with Crippen LogP contribution in [0.2, 0.25) is 0 Å². The molecule has 18 heavy (non-hydrogen) atoms. The van der Waals surface area contributed by atoms with Crippen molar-refractivity contribution in [2.75, 3.05) is 6.61 Å². The van der Waals surface area contributed by atoms with Gasteiger partial charge >= 0.3 is 7.82 Å². The van der Waals surface area contributed by atoms with Crippen molar-refractivity contribution in [2.45, 2.75) is 37.7 Å². The van der Waals surface area contributed by atoms with Gasteiger partial charge in [0.25, 0.3) is 0 Å². The van der Waals surface area contributed by atoms with Crippen LogP contribution < -0.4 is 0 Å². The summed E-state index contributed by atoms with van der Waals surface area (Å²) in [6.07, 6.45) is 0.0711. The Morgan fingerprint density at radius 2 is 2.28 bits per heavy atom. The molecular formula is C10H16BO6P. The summed E-state index contributed by atoms with van der Waals surface area (Å²) >= 11 is 0. The van der Waals surface area contributed by atoms with E-state index in [1.165, 1.54) is 0 Å². The molecule has 0 aromatic heterocycles. The molecular weight excluding hydrogens is 258 g/mol. The molecule has 0 aliphatic carbocycles. The molecule has 0 radical (unpaired) electrons. The molecule has 5 atom stereocenters. The first-order valence-electron chi connectivity index (χ1n) is 5.70. The number of rotatable bonds is 2. The van der Waals surface area contributed by atoms with E-state index in [-0.39, 0.29) is 6.61 Å². The van der Waals surface area contributed by atoms with Crippen LogP contribution >= 0.6 is 7.82 Å². The summed E-state index contributed by atoms with van der Waals surface area (Å²) in [6, 6.07) is -0.505. The molecule has 0 spiro atoms. The Morgan fingerprint density at radius 3 is 2.83 bits per heavy atom. The van der Waals surface area contributed by atoms with Gasteiger partial charge in [-0.25, -0.2) is 4.57 Å². The van der Waals surface area contributed by atoms with E-state index in [0.29, 0.717) is 0 Å². The lowest BCUT2D eigenvalue weighted by Crippen LogP contribution is -2.44. The smallest absolute Gasteiger partial charge is 0.394 e. The highest BCUT2D eigenvalue weighted by molar-refractivity contribution is 7.47. The predicted octanol–water partition coefficient (Wildman–Crippen LogP) is -0.287. The third-order valence-electron chi connectivity index (χ3n) is 3.08. The Labute approximate surface area is 106 Å². The van der Waals surface area contributed by atoms with Crippen LogP contribution in [-0.2, 0) is 18.3 Å². The van der Waals surface area contributed by atoms with Crippen LogP contribution in [0.1, 0.15) is 13.8 Å². The second kappa shape index (κ2) is 4.62. The summed E-state index contributed by atoms with van der Waals surface area (Å²) in [7, 11) is -2.40. The minimum atomic E-state index is -4.11. The van der Waals surface area contributed by atoms with Crippen molar-refractivity contribution < 1.29 is 28.3 Å². The van der Waals surface area contributed by atoms with Crippen molar-refractivity contribution in [2.24, 2.45) is 0 Å². The summed E-state index contributed by atoms with van der Waals surface area (Å²) in [6.45, 7) is 3.39. The Bertz CT molecular complexity index is 455. The van der Waals surface area contributed by atoms with Gasteiger partial charge < -0.3 is 14.7 Å². The second-order valence-electron chi connectivity index (χ2n) is 4.73. The number of hydrogen-bond donors (Lipinski definition) is 2. The predicted molar refractivity (Wildman–Crippen MR) is 65.7 cm³/mol. The largest absolute Gasteiger partial charge is 0.473 e. The number of phosphoric ester groups is 1. The van der Waals surface area contributed by atoms with Crippen molar-refractivity contribution >= 4 is 15.7 Å². The number of aliphatic hydroxyl groups excluding tert-OH is 1. The van der Waals surface area contributed by atoms with Crippen LogP contribution in [0.3, 0.4) is 0 Å². The summed E-state index contributed by atoms with van der Waals surface area (Å²) in [5.41, 5.74) is 2.68. The second-order valence-corrected chi connectivity index (χ2v) is 6.06. The molecule has 0 saturated carbocycles. The lowest BCUT2D eigenvalue weighted by atomic mass is 9.80. The SMILES string of the molecule is B[C@@H]1O[C@H](CO)[C@@H]2OP(=O)(O)OC12C=C=C(C)C. The van der Waals surface area contributed by atoms with Gasteiger partial charge in [0.05, 0.1) is 12.6 Å². The number of ether oxygens (including phenoxy) is 1. The van der Waals surface area contributed by atoms with Crippen LogP contribution in [0.25, 0.3) is 0 Å². The summed E-state index contributed by atoms with van der Waals surface area (Å²) < 4.78 is 27.3. The van der Waals surface area contributed by atoms with Gasteiger partial charge in [-0.05, 0) is 25.5 Å². The highest BCUT2D eigenvalue weighted by Gasteiger charge is 2.64. The number of aliphatic hydroxyl groups is 1. The van der Waals surface area contributed by atoms with Crippen LogP contribution in [0.5, 0.6) is 0 Å². The van der Waals surface area contributed by atoms with Gasteiger partial charge in [-0.1, -0.05) is 0 Å². The fourth-order valence-electron chi connectivity index (χ4n) is 2.22. The van der Waals surface area contributed by atoms with E-state index in [2.05, 4.69) is 5.73 Å². The molecule has 0 aromatic rings. The Balaban J connectivity index is 2.46. The molecule has 2 heterocycles. The van der Waals surface area contributed by atoms with E-state index in [0.717, 1.165) is 5.57 Å². The minimum absolute atomic E-state index is 0.303. The first kappa shape index (κ1) is 14.0. The monoisotopic (exact) mass is 274 g/mol. The number of phosphoric acid groups is 1. The molecule has 2 saturated heterocycles. The lowest BCUT2D eigenvalue weighted by molar-refractivity contribution is -0.00511. The molecule has 0 amide bonds. The first-order chi connectivity index (χ1) is 8.31. The standard InChI is InChI=1S/C10H16BO6P/c1-6(2)3-4-10-8(16-18(13,14)17-10)7(5-12)15-9(10)11/h4,7-9,12H,5,11H2,1-2H3,(H,13,14)/t7-,8+,9-,10?/m1/s1. The maximum Gasteiger partial charge on any atom is 0.473 e. The molecule has 100 valence electrons. The van der Waals surface area contributed by atoms with Crippen molar-refractivity contribution in [1.29, 1.82) is 0 Å². The zero-order valence-corrected chi connectivity index (χ0v) is 11.4. The van der Waals surface area contributed by atoms with E-state index in [4.69, 9.17) is 13.8 Å². The van der Waals surface area contributed by atoms with Crippen molar-refractivity contribution in [3.05, 3.63) is 17.4 Å². The van der Waals surface area contributed by atoms with Crippen molar-refractivity contribution in [3.8, 4) is 0 Å². The summed E-state index contributed by atoms with van der Waals surface area (Å²) in [5, 5.41) is 9.22. The minimum Gasteiger partial charge on any atom is -0.394 e. The Hall–Kier alpha value is -0.385. The average Bonchev–Trinajstić information content (AvgIpc) is 2.67. The third kappa shape index (κ3) is 2.24. The fraction of sp³-hybridized carbons (Fsp3) is 0.700. The molecule has 2 rings (SSSR count). The topological polar surface area (TPSA) is 85.2 Å². The normalized spacial score (nSPS) is 46.6. The maximum atomic E-state index is 11.6. The fourth-order valence-corrected chi connectivity index (χ4v) is 3.56. The molecule has 2 aliphatic heterocycles. The number of fused-ring (bicyclic) bond motifs is 1. The van der Waals surface area contributed by atoms with Gasteiger partial charge in [-0.2, -0.15) is 0 Å². The van der Waals surface area contributed by atoms with E-state index in [1.54, 1.807) is 13.9 Å². The van der Waals surface area contributed by atoms with Crippen molar-refractivity contribution in [3.63, 3.8) is 0 Å². The average molecular weight is 274 g/mol. The molecule has 0 bridgehead atoms. The molecule has 2 unspecified atom stereocenters. The summed E-state index contributed by atoms with van der Waals surface area (Å²) in [5.74, 6) is 0. The van der Waals surface area contributed by atoms with Crippen LogP contribution in [0, 0.1) is 0 Å². The molecule has 6 nitrogen and oxygen atoms in total. The van der Waals surface area contributed by atoms with Gasteiger partial charge in [0, 0.05) is 0 Å². The Morgan fingerprint density at radius 1 is 1.61 bits per heavy atom. The molecule has 2 N–H and O–H groups in total. The number of hydrogen-bond acceptors (Lipinski definition) is 5. The molecule has 0 aromatic carbocycles. The molecule has 2 fully saturated rings. The zero-order valence-electron chi connectivity index (χ0n) is 10.5. The van der Waals surface area contributed by atoms with Gasteiger partial charge in [-0.3, -0.25) is 9.05 Å². The maximum absolute atomic E-state index is 11.6. The highest BCUT2D eigenvalue weighted by Crippen LogP contribution is 2.61. The molecule has 2 aliphatic rings. The zero-order chi connectivity index (χ0) is 13.6. The van der Waals surface area contributed by atoms with Crippen LogP contribution in [0.15, 0.2) is 17.4 Å². The van der Waals surface area contributed by atoms with E-state index < -0.39 is 31.6 Å². The van der Waals surface area contributed by atoms with Crippen molar-refractivity contribution in [1.82, 2.24) is 0 Å². The first-order valence-corrected chi connectivity index (χ1v) is 7.19. The van der Waals surface area contributed by atoms with Gasteiger partial charge in [0.1, 0.15) is 20.1 Å². The Kier molecular flexibility index (Phi) is 3.60. The van der Waals surface area contributed by atoms with E-state index in [9.17, 15) is 14.6 Å². The van der Waals surface area contributed by atoms with E-state index in [1.807, 2.05) is 13.8 Å². The van der Waals surface area contributed by atoms with Gasteiger partial charge in [0.2, 0.25) is 0 Å². The quantitative estimate of drug-likeness (QED) is 0.409. The third-order valence-corrected chi connectivity index (χ3v) is 4.12. The molecule has 8 heteroatoms. The summed E-state index contributed by atoms with van der Waals surface area (Å²) in [4.78, 5) is 9.48. The lowest BCUT2D eigenvalue weighted by Gasteiger charge is -2.23. The van der Waals surface area contributed by atoms with Crippen LogP contribution in [0.4, 0.5) is 0 Å². The highest BCUT2D eigenvalue weighted by atomic mass is 31.2.